The van der Waals surface area contributed by atoms with Crippen LogP contribution in [-0.2, 0) is 6.42 Å². The van der Waals surface area contributed by atoms with Crippen LogP contribution in [0.1, 0.15) is 38.3 Å². The van der Waals surface area contributed by atoms with Gasteiger partial charge in [0.25, 0.3) is 0 Å². The standard InChI is InChI=1S/C17H29N5OS/c1-2-18-16(21-11-6-15(23)7-12-21)19-8-5-14-13-24-17(20-14)22-9-3-4-10-22/h13,15,23H,2-12H2,1H3,(H,18,19). The molecule has 7 heteroatoms. The van der Waals surface area contributed by atoms with E-state index in [4.69, 9.17) is 9.98 Å². The zero-order valence-corrected chi connectivity index (χ0v) is 15.4. The average Bonchev–Trinajstić information content (AvgIpc) is 3.26. The Morgan fingerprint density at radius 1 is 1.33 bits per heavy atom. The van der Waals surface area contributed by atoms with Crippen LogP contribution in [0.4, 0.5) is 5.13 Å². The molecule has 0 amide bonds. The van der Waals surface area contributed by atoms with Gasteiger partial charge in [-0.2, -0.15) is 0 Å². The van der Waals surface area contributed by atoms with Crippen molar-refractivity contribution in [3.05, 3.63) is 11.1 Å². The molecule has 0 unspecified atom stereocenters. The molecule has 0 spiro atoms. The van der Waals surface area contributed by atoms with Crippen molar-refractivity contribution in [2.75, 3.05) is 44.2 Å². The van der Waals surface area contributed by atoms with E-state index < -0.39 is 0 Å². The minimum Gasteiger partial charge on any atom is -0.393 e. The van der Waals surface area contributed by atoms with Crippen LogP contribution in [-0.4, -0.2) is 66.3 Å². The number of guanidine groups is 1. The number of piperidine rings is 1. The number of aliphatic hydroxyl groups excluding tert-OH is 1. The quantitative estimate of drug-likeness (QED) is 0.625. The Labute approximate surface area is 148 Å². The lowest BCUT2D eigenvalue weighted by molar-refractivity contribution is 0.108. The Morgan fingerprint density at radius 2 is 2.08 bits per heavy atom. The van der Waals surface area contributed by atoms with E-state index in [0.29, 0.717) is 0 Å². The number of hydrogen-bond acceptors (Lipinski definition) is 5. The number of nitrogens with zero attached hydrogens (tertiary/aromatic N) is 4. The number of aliphatic hydroxyl groups is 1. The molecule has 0 atom stereocenters. The fraction of sp³-hybridized carbons (Fsp3) is 0.765. The second-order valence-electron chi connectivity index (χ2n) is 6.52. The molecule has 2 N–H and O–H groups in total. The van der Waals surface area contributed by atoms with Crippen molar-refractivity contribution in [1.29, 1.82) is 0 Å². The van der Waals surface area contributed by atoms with Crippen molar-refractivity contribution in [3.8, 4) is 0 Å². The molecule has 3 rings (SSSR count). The zero-order chi connectivity index (χ0) is 16.8. The number of anilines is 1. The first kappa shape index (κ1) is 17.5. The lowest BCUT2D eigenvalue weighted by Crippen LogP contribution is -2.46. The summed E-state index contributed by atoms with van der Waals surface area (Å²) in [6, 6.07) is 0. The van der Waals surface area contributed by atoms with Crippen molar-refractivity contribution >= 4 is 22.4 Å². The van der Waals surface area contributed by atoms with Gasteiger partial charge in [0.1, 0.15) is 0 Å². The number of rotatable bonds is 5. The van der Waals surface area contributed by atoms with Crippen LogP contribution < -0.4 is 10.2 Å². The molecule has 0 saturated carbocycles. The fourth-order valence-electron chi connectivity index (χ4n) is 3.24. The second kappa shape index (κ2) is 8.67. The topological polar surface area (TPSA) is 64.0 Å². The van der Waals surface area contributed by atoms with Crippen molar-refractivity contribution in [3.63, 3.8) is 0 Å². The molecule has 3 heterocycles. The summed E-state index contributed by atoms with van der Waals surface area (Å²) in [7, 11) is 0. The smallest absolute Gasteiger partial charge is 0.193 e. The summed E-state index contributed by atoms with van der Waals surface area (Å²) in [4.78, 5) is 14.2. The third-order valence-corrected chi connectivity index (χ3v) is 5.59. The van der Waals surface area contributed by atoms with Crippen LogP contribution in [0.5, 0.6) is 0 Å². The molecule has 1 aromatic heterocycles. The SMILES string of the molecule is CCNC(=NCCc1csc(N2CCCC2)n1)N1CCC(O)CC1. The van der Waals surface area contributed by atoms with Crippen molar-refractivity contribution in [2.24, 2.45) is 4.99 Å². The second-order valence-corrected chi connectivity index (χ2v) is 7.36. The fourth-order valence-corrected chi connectivity index (χ4v) is 4.16. The minimum atomic E-state index is -0.150. The molecule has 2 fully saturated rings. The molecular formula is C17H29N5OS. The lowest BCUT2D eigenvalue weighted by Gasteiger charge is -2.32. The Hall–Kier alpha value is -1.34. The molecule has 134 valence electrons. The van der Waals surface area contributed by atoms with Gasteiger partial charge in [-0.05, 0) is 32.6 Å². The molecule has 6 nitrogen and oxygen atoms in total. The molecule has 1 aromatic rings. The third-order valence-electron chi connectivity index (χ3n) is 4.64. The number of aromatic nitrogens is 1. The highest BCUT2D eigenvalue weighted by molar-refractivity contribution is 7.13. The van der Waals surface area contributed by atoms with Crippen LogP contribution in [0.2, 0.25) is 0 Å². The van der Waals surface area contributed by atoms with Crippen LogP contribution in [0, 0.1) is 0 Å². The van der Waals surface area contributed by atoms with Gasteiger partial charge in [-0.25, -0.2) is 4.98 Å². The van der Waals surface area contributed by atoms with Gasteiger partial charge < -0.3 is 20.2 Å². The molecule has 24 heavy (non-hydrogen) atoms. The monoisotopic (exact) mass is 351 g/mol. The highest BCUT2D eigenvalue weighted by Crippen LogP contribution is 2.24. The normalized spacial score (nSPS) is 20.0. The maximum atomic E-state index is 9.66. The van der Waals surface area contributed by atoms with Crippen molar-refractivity contribution in [1.82, 2.24) is 15.2 Å². The van der Waals surface area contributed by atoms with Crippen molar-refractivity contribution in [2.45, 2.75) is 45.1 Å². The first-order valence-electron chi connectivity index (χ1n) is 9.17. The Morgan fingerprint density at radius 3 is 2.79 bits per heavy atom. The first-order valence-corrected chi connectivity index (χ1v) is 10.0. The number of nitrogens with one attached hydrogen (secondary N) is 1. The molecule has 2 aliphatic heterocycles. The van der Waals surface area contributed by atoms with E-state index in [2.05, 4.69) is 27.4 Å². The summed E-state index contributed by atoms with van der Waals surface area (Å²) in [5.41, 5.74) is 1.15. The number of aliphatic imine (C=N–C) groups is 1. The van der Waals surface area contributed by atoms with Gasteiger partial charge in [0, 0.05) is 51.1 Å². The average molecular weight is 352 g/mol. The van der Waals surface area contributed by atoms with Crippen LogP contribution in [0.25, 0.3) is 0 Å². The number of hydrogen-bond donors (Lipinski definition) is 2. The molecule has 0 radical (unpaired) electrons. The van der Waals surface area contributed by atoms with Crippen LogP contribution in [0.15, 0.2) is 10.4 Å². The summed E-state index contributed by atoms with van der Waals surface area (Å²) >= 11 is 1.76. The summed E-state index contributed by atoms with van der Waals surface area (Å²) in [5, 5.41) is 16.4. The van der Waals surface area contributed by atoms with Gasteiger partial charge in [-0.15, -0.1) is 11.3 Å². The summed E-state index contributed by atoms with van der Waals surface area (Å²) < 4.78 is 0. The first-order chi connectivity index (χ1) is 11.8. The van der Waals surface area contributed by atoms with E-state index in [1.54, 1.807) is 11.3 Å². The zero-order valence-electron chi connectivity index (χ0n) is 14.6. The Kier molecular flexibility index (Phi) is 6.31. The van der Waals surface area contributed by atoms with Gasteiger partial charge in [0.2, 0.25) is 0 Å². The van der Waals surface area contributed by atoms with E-state index in [1.165, 1.54) is 18.0 Å². The maximum absolute atomic E-state index is 9.66. The molecule has 0 bridgehead atoms. The molecule has 0 aromatic carbocycles. The Bertz CT molecular complexity index is 533. The highest BCUT2D eigenvalue weighted by Gasteiger charge is 2.19. The molecule has 2 saturated heterocycles. The van der Waals surface area contributed by atoms with Gasteiger partial charge in [0.15, 0.2) is 11.1 Å². The van der Waals surface area contributed by atoms with Gasteiger partial charge in [-0.3, -0.25) is 4.99 Å². The van der Waals surface area contributed by atoms with Crippen molar-refractivity contribution < 1.29 is 5.11 Å². The maximum Gasteiger partial charge on any atom is 0.193 e. The predicted octanol–water partition coefficient (Wildman–Crippen LogP) is 1.71. The highest BCUT2D eigenvalue weighted by atomic mass is 32.1. The van der Waals surface area contributed by atoms with E-state index in [1.807, 2.05) is 0 Å². The summed E-state index contributed by atoms with van der Waals surface area (Å²) in [6.45, 7) is 7.77. The van der Waals surface area contributed by atoms with E-state index in [9.17, 15) is 5.11 Å². The summed E-state index contributed by atoms with van der Waals surface area (Å²) in [6.07, 6.45) is 4.97. The third kappa shape index (κ3) is 4.60. The predicted molar refractivity (Wildman–Crippen MR) is 100 cm³/mol. The molecule has 0 aliphatic carbocycles. The molecular weight excluding hydrogens is 322 g/mol. The van der Waals surface area contributed by atoms with Gasteiger partial charge >= 0.3 is 0 Å². The minimum absolute atomic E-state index is 0.150. The largest absolute Gasteiger partial charge is 0.393 e. The van der Waals surface area contributed by atoms with Crippen LogP contribution in [0.3, 0.4) is 0 Å². The van der Waals surface area contributed by atoms with E-state index >= 15 is 0 Å². The number of likely N-dealkylation sites (tertiary alicyclic amines) is 1. The van der Waals surface area contributed by atoms with E-state index in [-0.39, 0.29) is 6.10 Å². The Balaban J connectivity index is 1.52. The van der Waals surface area contributed by atoms with Crippen LogP contribution >= 0.6 is 11.3 Å². The lowest BCUT2D eigenvalue weighted by atomic mass is 10.1. The van der Waals surface area contributed by atoms with Gasteiger partial charge in [-0.1, -0.05) is 0 Å². The summed E-state index contributed by atoms with van der Waals surface area (Å²) in [5.74, 6) is 0.972. The number of thiazole rings is 1. The van der Waals surface area contributed by atoms with Gasteiger partial charge in [0.05, 0.1) is 11.8 Å². The molecule has 2 aliphatic rings. The van der Waals surface area contributed by atoms with E-state index in [0.717, 1.165) is 70.2 Å².